The highest BCUT2D eigenvalue weighted by atomic mass is 32.2. The van der Waals surface area contributed by atoms with Crippen LogP contribution < -0.4 is 9.46 Å². The number of nitrogens with zero attached hydrogens (tertiary/aromatic N) is 1. The van der Waals surface area contributed by atoms with Crippen molar-refractivity contribution in [1.82, 2.24) is 9.62 Å². The number of sulfonamides is 1. The molecule has 2 atom stereocenters. The van der Waals surface area contributed by atoms with Crippen molar-refractivity contribution in [2.45, 2.75) is 24.8 Å². The van der Waals surface area contributed by atoms with E-state index in [1.165, 1.54) is 0 Å². The first-order valence-corrected chi connectivity index (χ1v) is 8.17. The smallest absolute Gasteiger partial charge is 0.240 e. The lowest BCUT2D eigenvalue weighted by Crippen LogP contribution is -2.39. The van der Waals surface area contributed by atoms with Crippen LogP contribution in [0.5, 0.6) is 5.75 Å². The standard InChI is InChI=1S/C14H22N2O3S/c1-10-7-12(5-6-14(10)19-4)20(17,18)15-13-9-16(3)8-11(13)2/h5-7,11,13,15H,8-9H2,1-4H3. The number of likely N-dealkylation sites (N-methyl/N-ethyl adjacent to an activating group) is 1. The van der Waals surface area contributed by atoms with E-state index in [1.54, 1.807) is 25.3 Å². The average molecular weight is 298 g/mol. The van der Waals surface area contributed by atoms with Crippen molar-refractivity contribution in [1.29, 1.82) is 0 Å². The zero-order chi connectivity index (χ0) is 14.9. The molecule has 1 aromatic rings. The van der Waals surface area contributed by atoms with Gasteiger partial charge in [-0.25, -0.2) is 13.1 Å². The second-order valence-corrected chi connectivity index (χ2v) is 7.27. The molecule has 0 spiro atoms. The number of nitrogens with one attached hydrogen (secondary N) is 1. The molecule has 0 saturated carbocycles. The molecule has 112 valence electrons. The van der Waals surface area contributed by atoms with Gasteiger partial charge in [-0.2, -0.15) is 0 Å². The average Bonchev–Trinajstić information content (AvgIpc) is 2.67. The zero-order valence-electron chi connectivity index (χ0n) is 12.4. The van der Waals surface area contributed by atoms with E-state index in [4.69, 9.17) is 4.74 Å². The molecule has 0 amide bonds. The van der Waals surface area contributed by atoms with Gasteiger partial charge in [-0.3, -0.25) is 0 Å². The fourth-order valence-electron chi connectivity index (χ4n) is 2.65. The topological polar surface area (TPSA) is 58.6 Å². The predicted molar refractivity (Wildman–Crippen MR) is 78.5 cm³/mol. The van der Waals surface area contributed by atoms with Crippen molar-refractivity contribution >= 4 is 10.0 Å². The Kier molecular flexibility index (Phi) is 4.36. The fraction of sp³-hybridized carbons (Fsp3) is 0.571. The Balaban J connectivity index is 2.20. The first kappa shape index (κ1) is 15.3. The van der Waals surface area contributed by atoms with Crippen molar-refractivity contribution in [2.24, 2.45) is 5.92 Å². The third kappa shape index (κ3) is 3.13. The summed E-state index contributed by atoms with van der Waals surface area (Å²) in [6.07, 6.45) is 0. The molecular formula is C14H22N2O3S. The summed E-state index contributed by atoms with van der Waals surface area (Å²) in [7, 11) is 0.0968. The lowest BCUT2D eigenvalue weighted by atomic mass is 10.1. The highest BCUT2D eigenvalue weighted by Crippen LogP contribution is 2.23. The normalized spacial score (nSPS) is 24.0. The summed E-state index contributed by atoms with van der Waals surface area (Å²) in [6, 6.07) is 4.88. The van der Waals surface area contributed by atoms with E-state index in [1.807, 2.05) is 14.0 Å². The molecule has 5 nitrogen and oxygen atoms in total. The maximum Gasteiger partial charge on any atom is 0.240 e. The first-order valence-electron chi connectivity index (χ1n) is 6.69. The highest BCUT2D eigenvalue weighted by Gasteiger charge is 2.31. The van der Waals surface area contributed by atoms with Crippen molar-refractivity contribution in [2.75, 3.05) is 27.2 Å². The summed E-state index contributed by atoms with van der Waals surface area (Å²) in [5, 5.41) is 0. The predicted octanol–water partition coefficient (Wildman–Crippen LogP) is 1.23. The molecule has 0 aromatic heterocycles. The third-order valence-corrected chi connectivity index (χ3v) is 5.27. The summed E-state index contributed by atoms with van der Waals surface area (Å²) in [4.78, 5) is 2.43. The number of methoxy groups -OCH3 is 1. The van der Waals surface area contributed by atoms with Gasteiger partial charge in [0.1, 0.15) is 5.75 Å². The molecule has 1 saturated heterocycles. The highest BCUT2D eigenvalue weighted by molar-refractivity contribution is 7.89. The van der Waals surface area contributed by atoms with Crippen molar-refractivity contribution in [3.8, 4) is 5.75 Å². The number of benzene rings is 1. The Labute approximate surface area is 121 Å². The molecule has 6 heteroatoms. The van der Waals surface area contributed by atoms with Gasteiger partial charge in [0, 0.05) is 19.1 Å². The zero-order valence-corrected chi connectivity index (χ0v) is 13.2. The lowest BCUT2D eigenvalue weighted by Gasteiger charge is -2.17. The summed E-state index contributed by atoms with van der Waals surface area (Å²) >= 11 is 0. The molecule has 0 aliphatic carbocycles. The molecule has 1 N–H and O–H groups in total. The van der Waals surface area contributed by atoms with Crippen LogP contribution in [0.3, 0.4) is 0 Å². The SMILES string of the molecule is COc1ccc(S(=O)(=O)NC2CN(C)CC2C)cc1C. The molecule has 2 rings (SSSR count). The summed E-state index contributed by atoms with van der Waals surface area (Å²) in [5.41, 5.74) is 0.812. The molecule has 20 heavy (non-hydrogen) atoms. The second-order valence-electron chi connectivity index (χ2n) is 5.56. The van der Waals surface area contributed by atoms with Gasteiger partial charge in [0.25, 0.3) is 0 Å². The number of hydrogen-bond acceptors (Lipinski definition) is 4. The minimum atomic E-state index is -3.48. The van der Waals surface area contributed by atoms with Crippen molar-refractivity contribution < 1.29 is 13.2 Å². The van der Waals surface area contributed by atoms with Gasteiger partial charge in [-0.05, 0) is 43.7 Å². The maximum atomic E-state index is 12.4. The fourth-order valence-corrected chi connectivity index (χ4v) is 4.07. The molecule has 0 radical (unpaired) electrons. The van der Waals surface area contributed by atoms with Crippen LogP contribution in [-0.2, 0) is 10.0 Å². The molecule has 0 bridgehead atoms. The summed E-state index contributed by atoms with van der Waals surface area (Å²) < 4.78 is 32.8. The van der Waals surface area contributed by atoms with Crippen LogP contribution in [-0.4, -0.2) is 46.6 Å². The van der Waals surface area contributed by atoms with Crippen LogP contribution >= 0.6 is 0 Å². The lowest BCUT2D eigenvalue weighted by molar-refractivity contribution is 0.400. The van der Waals surface area contributed by atoms with Gasteiger partial charge in [0.2, 0.25) is 10.0 Å². The first-order chi connectivity index (χ1) is 9.33. The van der Waals surface area contributed by atoms with Gasteiger partial charge < -0.3 is 9.64 Å². The Morgan fingerprint density at radius 1 is 1.35 bits per heavy atom. The summed E-state index contributed by atoms with van der Waals surface area (Å²) in [6.45, 7) is 5.56. The Morgan fingerprint density at radius 3 is 2.55 bits per heavy atom. The van der Waals surface area contributed by atoms with Gasteiger partial charge in [0.05, 0.1) is 12.0 Å². The Morgan fingerprint density at radius 2 is 2.05 bits per heavy atom. The van der Waals surface area contributed by atoms with Crippen LogP contribution in [0.1, 0.15) is 12.5 Å². The molecule has 1 aliphatic rings. The molecule has 2 unspecified atom stereocenters. The molecular weight excluding hydrogens is 276 g/mol. The number of aryl methyl sites for hydroxylation is 1. The van der Waals surface area contributed by atoms with Crippen LogP contribution in [0.4, 0.5) is 0 Å². The van der Waals surface area contributed by atoms with Gasteiger partial charge in [0.15, 0.2) is 0 Å². The minimum absolute atomic E-state index is 0.0348. The number of hydrogen-bond donors (Lipinski definition) is 1. The Bertz CT molecular complexity index is 586. The Hall–Kier alpha value is -1.11. The van der Waals surface area contributed by atoms with E-state index in [0.717, 1.165) is 18.7 Å². The molecule has 1 fully saturated rings. The van der Waals surface area contributed by atoms with E-state index in [2.05, 4.69) is 16.5 Å². The molecule has 1 aliphatic heterocycles. The van der Waals surface area contributed by atoms with Gasteiger partial charge in [-0.15, -0.1) is 0 Å². The maximum absolute atomic E-state index is 12.4. The van der Waals surface area contributed by atoms with E-state index < -0.39 is 10.0 Å². The summed E-state index contributed by atoms with van der Waals surface area (Å²) in [5.74, 6) is 1.01. The third-order valence-electron chi connectivity index (χ3n) is 3.78. The quantitative estimate of drug-likeness (QED) is 0.908. The van der Waals surface area contributed by atoms with Crippen LogP contribution in [0.2, 0.25) is 0 Å². The number of rotatable bonds is 4. The number of ether oxygens (including phenoxy) is 1. The number of likely N-dealkylation sites (tertiary alicyclic amines) is 1. The monoisotopic (exact) mass is 298 g/mol. The van der Waals surface area contributed by atoms with E-state index in [-0.39, 0.29) is 10.9 Å². The van der Waals surface area contributed by atoms with Crippen LogP contribution in [0.25, 0.3) is 0 Å². The van der Waals surface area contributed by atoms with E-state index in [9.17, 15) is 8.42 Å². The second kappa shape index (κ2) is 5.71. The van der Waals surface area contributed by atoms with E-state index >= 15 is 0 Å². The molecule has 1 heterocycles. The van der Waals surface area contributed by atoms with Crippen molar-refractivity contribution in [3.63, 3.8) is 0 Å². The van der Waals surface area contributed by atoms with Crippen molar-refractivity contribution in [3.05, 3.63) is 23.8 Å². The van der Waals surface area contributed by atoms with Crippen LogP contribution in [0.15, 0.2) is 23.1 Å². The van der Waals surface area contributed by atoms with E-state index in [0.29, 0.717) is 11.7 Å². The van der Waals surface area contributed by atoms with Gasteiger partial charge in [-0.1, -0.05) is 6.92 Å². The van der Waals surface area contributed by atoms with Crippen LogP contribution in [0, 0.1) is 12.8 Å². The largest absolute Gasteiger partial charge is 0.496 e. The van der Waals surface area contributed by atoms with Gasteiger partial charge >= 0.3 is 0 Å². The minimum Gasteiger partial charge on any atom is -0.496 e. The molecule has 1 aromatic carbocycles.